The van der Waals surface area contributed by atoms with Crippen molar-refractivity contribution in [3.05, 3.63) is 186 Å². The first kappa shape index (κ1) is 30.5. The van der Waals surface area contributed by atoms with E-state index in [1.807, 2.05) is 138 Å². The van der Waals surface area contributed by atoms with Gasteiger partial charge >= 0.3 is 0 Å². The van der Waals surface area contributed by atoms with Gasteiger partial charge in [0.15, 0.2) is 5.69 Å². The molecule has 0 spiro atoms. The number of para-hydroxylation sites is 1. The minimum atomic E-state index is -0.399. The standard InChI is InChI=1S/C46H26N4O2/c1-48-34-21-23-35(33(25-34)28-47)32-19-22-37-36-15-8-9-17-40(36)49(43(37)27-32)42-18-10-16-38-44(42)46(52)50(45(38)51)41-24-20-31(29-11-4-2-5-12-29)26-39(41)30-13-6-3-7-14-30/h2-27H. The van der Waals surface area contributed by atoms with E-state index in [-0.39, 0.29) is 5.91 Å². The Hall–Kier alpha value is -7.54. The van der Waals surface area contributed by atoms with E-state index in [0.29, 0.717) is 39.3 Å². The molecule has 0 atom stereocenters. The van der Waals surface area contributed by atoms with Crippen molar-refractivity contribution >= 4 is 45.0 Å². The lowest BCUT2D eigenvalue weighted by Gasteiger charge is -2.20. The van der Waals surface area contributed by atoms with Crippen molar-refractivity contribution in [1.29, 1.82) is 5.26 Å². The maximum absolute atomic E-state index is 14.8. The minimum absolute atomic E-state index is 0.325. The van der Waals surface area contributed by atoms with Gasteiger partial charge in [-0.3, -0.25) is 9.59 Å². The first-order valence-corrected chi connectivity index (χ1v) is 16.8. The molecule has 1 aliphatic rings. The normalized spacial score (nSPS) is 12.2. The predicted molar refractivity (Wildman–Crippen MR) is 206 cm³/mol. The van der Waals surface area contributed by atoms with Gasteiger partial charge in [0.25, 0.3) is 11.8 Å². The number of fused-ring (bicyclic) bond motifs is 4. The molecule has 0 aliphatic carbocycles. The van der Waals surface area contributed by atoms with E-state index in [1.54, 1.807) is 24.3 Å². The predicted octanol–water partition coefficient (Wildman–Crippen LogP) is 11.0. The van der Waals surface area contributed by atoms with Gasteiger partial charge < -0.3 is 4.57 Å². The molecule has 6 heteroatoms. The number of aromatic nitrogens is 1. The summed E-state index contributed by atoms with van der Waals surface area (Å²) < 4.78 is 2.04. The highest BCUT2D eigenvalue weighted by molar-refractivity contribution is 6.36. The van der Waals surface area contributed by atoms with Gasteiger partial charge in [0.05, 0.1) is 46.2 Å². The smallest absolute Gasteiger partial charge is 0.268 e. The van der Waals surface area contributed by atoms with Crippen LogP contribution in [-0.2, 0) is 0 Å². The molecule has 0 fully saturated rings. The highest BCUT2D eigenvalue weighted by atomic mass is 16.2. The molecule has 6 nitrogen and oxygen atoms in total. The highest BCUT2D eigenvalue weighted by Crippen LogP contribution is 2.42. The monoisotopic (exact) mass is 666 g/mol. The molecule has 1 aliphatic heterocycles. The van der Waals surface area contributed by atoms with Crippen molar-refractivity contribution in [1.82, 2.24) is 4.57 Å². The zero-order valence-corrected chi connectivity index (χ0v) is 27.6. The molecular formula is C46H26N4O2. The number of anilines is 1. The highest BCUT2D eigenvalue weighted by Gasteiger charge is 2.40. The molecule has 0 saturated heterocycles. The maximum atomic E-state index is 14.8. The van der Waals surface area contributed by atoms with Gasteiger partial charge in [-0.25, -0.2) is 9.74 Å². The zero-order valence-electron chi connectivity index (χ0n) is 27.6. The largest absolute Gasteiger partial charge is 0.308 e. The van der Waals surface area contributed by atoms with Crippen molar-refractivity contribution in [2.45, 2.75) is 0 Å². The van der Waals surface area contributed by atoms with Crippen LogP contribution < -0.4 is 4.90 Å². The average molecular weight is 667 g/mol. The number of rotatable bonds is 5. The fourth-order valence-corrected chi connectivity index (χ4v) is 7.41. The van der Waals surface area contributed by atoms with Gasteiger partial charge in [0.1, 0.15) is 0 Å². The Morgan fingerprint density at radius 3 is 2.00 bits per heavy atom. The van der Waals surface area contributed by atoms with E-state index < -0.39 is 5.91 Å². The fourth-order valence-electron chi connectivity index (χ4n) is 7.41. The number of amides is 2. The SMILES string of the molecule is [C-]#[N+]c1ccc(-c2ccc3c4ccccc4n(-c4cccc5c4C(=O)N(c4ccc(-c6ccccc6)cc4-c4ccccc4)C5=O)c3c2)c(C#N)c1. The van der Waals surface area contributed by atoms with Crippen LogP contribution in [0, 0.1) is 17.9 Å². The molecule has 0 saturated carbocycles. The number of benzene rings is 7. The molecular weight excluding hydrogens is 641 g/mol. The number of imide groups is 1. The van der Waals surface area contributed by atoms with Crippen LogP contribution in [0.5, 0.6) is 0 Å². The van der Waals surface area contributed by atoms with Crippen molar-refractivity contribution in [3.8, 4) is 45.1 Å². The van der Waals surface area contributed by atoms with Gasteiger partial charge in [-0.05, 0) is 70.3 Å². The van der Waals surface area contributed by atoms with E-state index in [9.17, 15) is 14.9 Å². The Kier molecular flexibility index (Phi) is 7.10. The van der Waals surface area contributed by atoms with Gasteiger partial charge in [0, 0.05) is 21.9 Å². The average Bonchev–Trinajstić information content (AvgIpc) is 3.67. The minimum Gasteiger partial charge on any atom is -0.308 e. The molecule has 0 unspecified atom stereocenters. The summed E-state index contributed by atoms with van der Waals surface area (Å²) in [7, 11) is 0. The number of hydrogen-bond acceptors (Lipinski definition) is 3. The van der Waals surface area contributed by atoms with E-state index in [0.717, 1.165) is 49.6 Å². The first-order valence-electron chi connectivity index (χ1n) is 16.8. The number of carbonyl (C=O) groups excluding carboxylic acids is 2. The van der Waals surface area contributed by atoms with Crippen LogP contribution in [0.1, 0.15) is 26.3 Å². The molecule has 7 aromatic carbocycles. The van der Waals surface area contributed by atoms with E-state index >= 15 is 0 Å². The maximum Gasteiger partial charge on any atom is 0.268 e. The second-order valence-corrected chi connectivity index (χ2v) is 12.6. The van der Waals surface area contributed by atoms with Gasteiger partial charge in [-0.1, -0.05) is 115 Å². The molecule has 2 heterocycles. The lowest BCUT2D eigenvalue weighted by Crippen LogP contribution is -2.30. The quantitative estimate of drug-likeness (QED) is 0.136. The molecule has 0 bridgehead atoms. The lowest BCUT2D eigenvalue weighted by atomic mass is 9.97. The zero-order chi connectivity index (χ0) is 35.3. The van der Waals surface area contributed by atoms with Gasteiger partial charge in [-0.15, -0.1) is 0 Å². The van der Waals surface area contributed by atoms with Gasteiger partial charge in [-0.2, -0.15) is 5.26 Å². The van der Waals surface area contributed by atoms with E-state index in [1.165, 1.54) is 4.90 Å². The van der Waals surface area contributed by atoms with Crippen LogP contribution in [0.4, 0.5) is 11.4 Å². The third-order valence-electron chi connectivity index (χ3n) is 9.80. The molecule has 8 aromatic rings. The van der Waals surface area contributed by atoms with Crippen LogP contribution in [0.15, 0.2) is 158 Å². The Labute approximate surface area is 299 Å². The van der Waals surface area contributed by atoms with Crippen LogP contribution in [0.25, 0.3) is 65.7 Å². The van der Waals surface area contributed by atoms with Crippen LogP contribution >= 0.6 is 0 Å². The number of carbonyl (C=O) groups is 2. The second kappa shape index (κ2) is 12.1. The third-order valence-corrected chi connectivity index (χ3v) is 9.80. The first-order chi connectivity index (χ1) is 25.6. The summed E-state index contributed by atoms with van der Waals surface area (Å²) in [5.41, 5.74) is 9.44. The fraction of sp³-hybridized carbons (Fsp3) is 0. The van der Waals surface area contributed by atoms with Crippen molar-refractivity contribution in [2.24, 2.45) is 0 Å². The van der Waals surface area contributed by atoms with Crippen LogP contribution in [0.3, 0.4) is 0 Å². The summed E-state index contributed by atoms with van der Waals surface area (Å²) in [4.78, 5) is 34.0. The van der Waals surface area contributed by atoms with Crippen molar-refractivity contribution < 1.29 is 9.59 Å². The summed E-state index contributed by atoms with van der Waals surface area (Å²) >= 11 is 0. The third kappa shape index (κ3) is 4.71. The molecule has 2 amide bonds. The summed E-state index contributed by atoms with van der Waals surface area (Å²) in [6.45, 7) is 7.40. The summed E-state index contributed by atoms with van der Waals surface area (Å²) in [5, 5.41) is 11.9. The lowest BCUT2D eigenvalue weighted by molar-refractivity contribution is 0.0926. The molecule has 242 valence electrons. The van der Waals surface area contributed by atoms with E-state index in [2.05, 4.69) is 10.9 Å². The topological polar surface area (TPSA) is 70.5 Å². The van der Waals surface area contributed by atoms with Crippen molar-refractivity contribution in [2.75, 3.05) is 4.90 Å². The number of nitrogens with zero attached hydrogens (tertiary/aromatic N) is 4. The van der Waals surface area contributed by atoms with Crippen LogP contribution in [-0.4, -0.2) is 16.4 Å². The van der Waals surface area contributed by atoms with E-state index in [4.69, 9.17) is 6.57 Å². The Morgan fingerprint density at radius 2 is 1.23 bits per heavy atom. The summed E-state index contributed by atoms with van der Waals surface area (Å²) in [6.07, 6.45) is 0. The molecule has 0 radical (unpaired) electrons. The van der Waals surface area contributed by atoms with Crippen LogP contribution in [0.2, 0.25) is 0 Å². The Balaban J connectivity index is 1.24. The molecule has 52 heavy (non-hydrogen) atoms. The Morgan fingerprint density at radius 1 is 0.519 bits per heavy atom. The second-order valence-electron chi connectivity index (χ2n) is 12.6. The number of nitriles is 1. The molecule has 9 rings (SSSR count). The molecule has 0 N–H and O–H groups in total. The van der Waals surface area contributed by atoms with Gasteiger partial charge in [0.2, 0.25) is 0 Å². The number of hydrogen-bond donors (Lipinski definition) is 0. The van der Waals surface area contributed by atoms with Crippen molar-refractivity contribution in [3.63, 3.8) is 0 Å². The summed E-state index contributed by atoms with van der Waals surface area (Å²) in [6, 6.07) is 52.5. The molecule has 1 aromatic heterocycles. The summed E-state index contributed by atoms with van der Waals surface area (Å²) in [5.74, 6) is -0.782. The Bertz CT molecular complexity index is 2860.